The summed E-state index contributed by atoms with van der Waals surface area (Å²) in [6.07, 6.45) is 5.78. The molecule has 100 valence electrons. The van der Waals surface area contributed by atoms with Crippen LogP contribution in [-0.2, 0) is 9.59 Å². The molecule has 1 atom stereocenters. The Morgan fingerprint density at radius 3 is 2.50 bits per heavy atom. The zero-order valence-corrected chi connectivity index (χ0v) is 11.3. The van der Waals surface area contributed by atoms with E-state index in [0.717, 1.165) is 12.5 Å². The molecule has 4 heteroatoms. The Morgan fingerprint density at radius 1 is 1.33 bits per heavy atom. The number of hydrogen-bond acceptors (Lipinski definition) is 2. The molecule has 1 unspecified atom stereocenters. The normalized spacial score (nSPS) is 34.4. The largest absolute Gasteiger partial charge is 0.340 e. The molecule has 2 aliphatic carbocycles. The van der Waals surface area contributed by atoms with Crippen molar-refractivity contribution >= 4 is 11.8 Å². The molecule has 0 spiro atoms. The van der Waals surface area contributed by atoms with Gasteiger partial charge in [0.2, 0.25) is 11.8 Å². The Morgan fingerprint density at radius 2 is 2.00 bits per heavy atom. The van der Waals surface area contributed by atoms with Gasteiger partial charge in [0.1, 0.15) is 5.54 Å². The lowest BCUT2D eigenvalue weighted by Gasteiger charge is -2.40. The highest BCUT2D eigenvalue weighted by atomic mass is 16.2. The van der Waals surface area contributed by atoms with Crippen LogP contribution in [0, 0.1) is 11.3 Å². The van der Waals surface area contributed by atoms with Crippen LogP contribution in [0.3, 0.4) is 0 Å². The number of carbonyl (C=O) groups is 2. The van der Waals surface area contributed by atoms with Crippen LogP contribution in [0.2, 0.25) is 0 Å². The van der Waals surface area contributed by atoms with Gasteiger partial charge in [-0.1, -0.05) is 6.92 Å². The van der Waals surface area contributed by atoms with Crippen molar-refractivity contribution < 1.29 is 9.59 Å². The maximum absolute atomic E-state index is 12.5. The molecule has 0 radical (unpaired) electrons. The third-order valence-electron chi connectivity index (χ3n) is 5.06. The Labute approximate surface area is 108 Å². The van der Waals surface area contributed by atoms with Gasteiger partial charge in [-0.3, -0.25) is 9.59 Å². The summed E-state index contributed by atoms with van der Waals surface area (Å²) < 4.78 is 0. The molecule has 2 saturated carbocycles. The number of nitrogens with zero attached hydrogens (tertiary/aromatic N) is 1. The van der Waals surface area contributed by atoms with Crippen LogP contribution in [0.4, 0.5) is 0 Å². The summed E-state index contributed by atoms with van der Waals surface area (Å²) in [5, 5.41) is 2.84. The Balaban J connectivity index is 1.74. The lowest BCUT2D eigenvalue weighted by molar-refractivity contribution is -0.150. The van der Waals surface area contributed by atoms with Crippen LogP contribution in [-0.4, -0.2) is 35.3 Å². The van der Waals surface area contributed by atoms with Gasteiger partial charge in [0.25, 0.3) is 0 Å². The summed E-state index contributed by atoms with van der Waals surface area (Å²) in [6, 6.07) is 0. The van der Waals surface area contributed by atoms with Crippen LogP contribution >= 0.6 is 0 Å². The van der Waals surface area contributed by atoms with Crippen molar-refractivity contribution in [3.8, 4) is 0 Å². The topological polar surface area (TPSA) is 49.4 Å². The van der Waals surface area contributed by atoms with E-state index in [4.69, 9.17) is 0 Å². The van der Waals surface area contributed by atoms with Gasteiger partial charge in [-0.15, -0.1) is 0 Å². The molecule has 3 rings (SSSR count). The predicted molar refractivity (Wildman–Crippen MR) is 67.8 cm³/mol. The summed E-state index contributed by atoms with van der Waals surface area (Å²) in [5.74, 6) is 0.922. The summed E-state index contributed by atoms with van der Waals surface area (Å²) in [7, 11) is 0. The lowest BCUT2D eigenvalue weighted by Crippen LogP contribution is -2.65. The van der Waals surface area contributed by atoms with E-state index < -0.39 is 5.54 Å². The van der Waals surface area contributed by atoms with Crippen molar-refractivity contribution in [2.75, 3.05) is 13.1 Å². The third kappa shape index (κ3) is 1.82. The first-order valence-electron chi connectivity index (χ1n) is 7.09. The van der Waals surface area contributed by atoms with E-state index in [-0.39, 0.29) is 18.4 Å². The van der Waals surface area contributed by atoms with Gasteiger partial charge in [-0.25, -0.2) is 0 Å². The van der Waals surface area contributed by atoms with E-state index in [0.29, 0.717) is 11.8 Å². The first-order chi connectivity index (χ1) is 8.49. The van der Waals surface area contributed by atoms with Gasteiger partial charge in [0.05, 0.1) is 6.54 Å². The van der Waals surface area contributed by atoms with Crippen molar-refractivity contribution in [2.24, 2.45) is 11.3 Å². The number of nitrogens with one attached hydrogen (secondary N) is 1. The van der Waals surface area contributed by atoms with E-state index in [1.54, 1.807) is 0 Å². The smallest absolute Gasteiger partial charge is 0.248 e. The van der Waals surface area contributed by atoms with Crippen LogP contribution < -0.4 is 5.32 Å². The Hall–Kier alpha value is -1.06. The minimum absolute atomic E-state index is 0.00875. The van der Waals surface area contributed by atoms with Gasteiger partial charge in [-0.2, -0.15) is 0 Å². The molecule has 4 nitrogen and oxygen atoms in total. The number of piperazine rings is 1. The summed E-state index contributed by atoms with van der Waals surface area (Å²) in [5.41, 5.74) is -0.309. The molecule has 1 N–H and O–H groups in total. The second-order valence-corrected chi connectivity index (χ2v) is 6.53. The highest BCUT2D eigenvalue weighted by molar-refractivity contribution is 5.97. The zero-order chi connectivity index (χ0) is 13.0. The summed E-state index contributed by atoms with van der Waals surface area (Å²) in [6.45, 7) is 4.86. The molecule has 3 aliphatic rings. The average molecular weight is 250 g/mol. The van der Waals surface area contributed by atoms with Gasteiger partial charge >= 0.3 is 0 Å². The van der Waals surface area contributed by atoms with Gasteiger partial charge in [0, 0.05) is 6.54 Å². The van der Waals surface area contributed by atoms with Gasteiger partial charge in [-0.05, 0) is 50.4 Å². The summed E-state index contributed by atoms with van der Waals surface area (Å²) >= 11 is 0. The van der Waals surface area contributed by atoms with E-state index in [1.807, 2.05) is 18.7 Å². The molecule has 2 amide bonds. The Kier molecular flexibility index (Phi) is 2.48. The molecular formula is C14H22N2O2. The molecule has 0 aromatic heterocycles. The number of amides is 2. The predicted octanol–water partition coefficient (Wildman–Crippen LogP) is 1.30. The van der Waals surface area contributed by atoms with Crippen molar-refractivity contribution in [3.63, 3.8) is 0 Å². The van der Waals surface area contributed by atoms with Crippen LogP contribution in [0.5, 0.6) is 0 Å². The highest BCUT2D eigenvalue weighted by Gasteiger charge is 2.56. The maximum Gasteiger partial charge on any atom is 0.248 e. The van der Waals surface area contributed by atoms with Gasteiger partial charge in [0.15, 0.2) is 0 Å². The standard InChI is InChI=1S/C14H22N2O2/c1-3-13(2)12(18)16(8-11(17)15-13)9-14(6-7-14)10-4-5-10/h10H,3-9H2,1-2H3,(H,15,17). The highest BCUT2D eigenvalue weighted by Crippen LogP contribution is 2.61. The van der Waals surface area contributed by atoms with Crippen molar-refractivity contribution in [2.45, 2.75) is 51.5 Å². The van der Waals surface area contributed by atoms with E-state index in [1.165, 1.54) is 25.7 Å². The third-order valence-corrected chi connectivity index (χ3v) is 5.06. The van der Waals surface area contributed by atoms with E-state index >= 15 is 0 Å². The fourth-order valence-electron chi connectivity index (χ4n) is 3.29. The number of rotatable bonds is 4. The minimum Gasteiger partial charge on any atom is -0.340 e. The van der Waals surface area contributed by atoms with Crippen molar-refractivity contribution in [1.29, 1.82) is 0 Å². The molecule has 0 aromatic carbocycles. The molecule has 0 aromatic rings. The van der Waals surface area contributed by atoms with Crippen LogP contribution in [0.25, 0.3) is 0 Å². The second-order valence-electron chi connectivity index (χ2n) is 6.53. The Bertz CT molecular complexity index is 399. The van der Waals surface area contributed by atoms with E-state index in [9.17, 15) is 9.59 Å². The summed E-state index contributed by atoms with van der Waals surface area (Å²) in [4.78, 5) is 26.1. The SMILES string of the molecule is CCC1(C)NC(=O)CN(CC2(C3CC3)CC2)C1=O. The number of hydrogen-bond donors (Lipinski definition) is 1. The minimum atomic E-state index is -0.686. The first-order valence-corrected chi connectivity index (χ1v) is 7.09. The molecule has 1 aliphatic heterocycles. The fraction of sp³-hybridized carbons (Fsp3) is 0.857. The van der Waals surface area contributed by atoms with Crippen molar-refractivity contribution in [1.82, 2.24) is 10.2 Å². The zero-order valence-electron chi connectivity index (χ0n) is 11.3. The number of carbonyl (C=O) groups excluding carboxylic acids is 2. The van der Waals surface area contributed by atoms with Crippen LogP contribution in [0.1, 0.15) is 46.0 Å². The maximum atomic E-state index is 12.5. The first kappa shape index (κ1) is 12.0. The molecule has 18 heavy (non-hydrogen) atoms. The molecule has 1 saturated heterocycles. The van der Waals surface area contributed by atoms with Crippen LogP contribution in [0.15, 0.2) is 0 Å². The fourth-order valence-corrected chi connectivity index (χ4v) is 3.29. The average Bonchev–Trinajstić information content (AvgIpc) is 3.16. The second kappa shape index (κ2) is 3.72. The monoisotopic (exact) mass is 250 g/mol. The molecule has 3 fully saturated rings. The quantitative estimate of drug-likeness (QED) is 0.817. The van der Waals surface area contributed by atoms with Gasteiger partial charge < -0.3 is 10.2 Å². The van der Waals surface area contributed by atoms with E-state index in [2.05, 4.69) is 5.32 Å². The molecule has 1 heterocycles. The lowest BCUT2D eigenvalue weighted by atomic mass is 9.92. The molecular weight excluding hydrogens is 228 g/mol. The molecule has 0 bridgehead atoms. The van der Waals surface area contributed by atoms with Crippen molar-refractivity contribution in [3.05, 3.63) is 0 Å².